The molecule has 1 aliphatic heterocycles. The quantitative estimate of drug-likeness (QED) is 0.399. The number of ketones is 1. The third kappa shape index (κ3) is 4.51. The molecule has 0 aliphatic carbocycles. The van der Waals surface area contributed by atoms with Gasteiger partial charge in [0.2, 0.25) is 0 Å². The Morgan fingerprint density at radius 1 is 1.10 bits per heavy atom. The van der Waals surface area contributed by atoms with Crippen LogP contribution >= 0.6 is 23.2 Å². The van der Waals surface area contributed by atoms with Crippen LogP contribution in [0.4, 0.5) is 4.39 Å². The van der Waals surface area contributed by atoms with E-state index < -0.39 is 23.5 Å². The summed E-state index contributed by atoms with van der Waals surface area (Å²) in [6.45, 7) is 1.03. The van der Waals surface area contributed by atoms with Gasteiger partial charge in [-0.15, -0.1) is 0 Å². The van der Waals surface area contributed by atoms with E-state index in [1.807, 2.05) is 19.0 Å². The Bertz CT molecular complexity index is 1010. The van der Waals surface area contributed by atoms with Crippen LogP contribution < -0.4 is 0 Å². The van der Waals surface area contributed by atoms with Gasteiger partial charge in [0, 0.05) is 12.1 Å². The maximum atomic E-state index is 13.3. The molecule has 1 aliphatic rings. The number of halogens is 3. The molecule has 1 N–H and O–H groups in total. The summed E-state index contributed by atoms with van der Waals surface area (Å²) in [7, 11) is 3.83. The SMILES string of the molecule is CN(C)CCCN1C(=O)C(=O)C(=C(O)c2ccc(F)cc2)[C@H]1c1ccc(Cl)c(Cl)c1. The Morgan fingerprint density at radius 2 is 1.77 bits per heavy atom. The molecule has 5 nitrogen and oxygen atoms in total. The number of hydrogen-bond donors (Lipinski definition) is 1. The van der Waals surface area contributed by atoms with Crippen molar-refractivity contribution >= 4 is 40.7 Å². The van der Waals surface area contributed by atoms with Crippen LogP contribution in [-0.2, 0) is 9.59 Å². The Balaban J connectivity index is 2.11. The fraction of sp³-hybridized carbons (Fsp3) is 0.273. The van der Waals surface area contributed by atoms with Gasteiger partial charge in [-0.25, -0.2) is 4.39 Å². The second-order valence-electron chi connectivity index (χ2n) is 7.33. The summed E-state index contributed by atoms with van der Waals surface area (Å²) in [5.74, 6) is -2.33. The minimum atomic E-state index is -0.827. The molecule has 1 amide bonds. The number of likely N-dealkylation sites (tertiary alicyclic amines) is 1. The molecular formula is C22H21Cl2FN2O3. The van der Waals surface area contributed by atoms with Crippen molar-refractivity contribution in [1.82, 2.24) is 9.80 Å². The number of aliphatic hydroxyl groups excluding tert-OH is 1. The van der Waals surface area contributed by atoms with Crippen molar-refractivity contribution < 1.29 is 19.1 Å². The van der Waals surface area contributed by atoms with Gasteiger partial charge >= 0.3 is 0 Å². The van der Waals surface area contributed by atoms with Gasteiger partial charge in [-0.05, 0) is 69.0 Å². The first-order chi connectivity index (χ1) is 14.2. The number of nitrogens with zero attached hydrogens (tertiary/aromatic N) is 2. The first-order valence-corrected chi connectivity index (χ1v) is 10.1. The summed E-state index contributed by atoms with van der Waals surface area (Å²) in [4.78, 5) is 29.1. The summed E-state index contributed by atoms with van der Waals surface area (Å²) in [5, 5.41) is 11.5. The minimum Gasteiger partial charge on any atom is -0.507 e. The first kappa shape index (κ1) is 22.3. The Labute approximate surface area is 184 Å². The summed E-state index contributed by atoms with van der Waals surface area (Å²) in [6.07, 6.45) is 0.633. The highest BCUT2D eigenvalue weighted by molar-refractivity contribution is 6.46. The highest BCUT2D eigenvalue weighted by atomic mass is 35.5. The van der Waals surface area contributed by atoms with E-state index in [4.69, 9.17) is 23.2 Å². The molecular weight excluding hydrogens is 430 g/mol. The molecule has 158 valence electrons. The maximum absolute atomic E-state index is 13.3. The standard InChI is InChI=1S/C22H21Cl2FN2O3/c1-26(2)10-3-11-27-19(14-6-9-16(23)17(24)12-14)18(21(29)22(27)30)20(28)13-4-7-15(25)8-5-13/h4-9,12,19,28H,3,10-11H2,1-2H3/t19-/m1/s1. The number of rotatable bonds is 6. The average Bonchev–Trinajstić information content (AvgIpc) is 2.95. The van der Waals surface area contributed by atoms with Gasteiger partial charge in [0.25, 0.3) is 11.7 Å². The summed E-state index contributed by atoms with van der Waals surface area (Å²) < 4.78 is 13.3. The van der Waals surface area contributed by atoms with Gasteiger partial charge in [-0.1, -0.05) is 29.3 Å². The summed E-state index contributed by atoms with van der Waals surface area (Å²) >= 11 is 12.2. The van der Waals surface area contributed by atoms with E-state index in [2.05, 4.69) is 0 Å². The molecule has 2 aromatic rings. The predicted octanol–water partition coefficient (Wildman–Crippen LogP) is 4.51. The molecule has 0 unspecified atom stereocenters. The maximum Gasteiger partial charge on any atom is 0.295 e. The van der Waals surface area contributed by atoms with Crippen LogP contribution in [0.15, 0.2) is 48.0 Å². The van der Waals surface area contributed by atoms with Gasteiger partial charge in [-0.2, -0.15) is 0 Å². The van der Waals surface area contributed by atoms with E-state index in [0.717, 1.165) is 6.54 Å². The molecule has 30 heavy (non-hydrogen) atoms. The minimum absolute atomic E-state index is 0.0603. The van der Waals surface area contributed by atoms with E-state index in [1.165, 1.54) is 29.2 Å². The Kier molecular flexibility index (Phi) is 6.81. The summed E-state index contributed by atoms with van der Waals surface area (Å²) in [5.41, 5.74) is 0.736. The third-order valence-electron chi connectivity index (χ3n) is 4.92. The third-order valence-corrected chi connectivity index (χ3v) is 5.66. The molecule has 8 heteroatoms. The average molecular weight is 451 g/mol. The number of carbonyl (C=O) groups is 2. The van der Waals surface area contributed by atoms with Crippen molar-refractivity contribution in [1.29, 1.82) is 0 Å². The zero-order chi connectivity index (χ0) is 22.0. The molecule has 1 heterocycles. The van der Waals surface area contributed by atoms with Crippen molar-refractivity contribution in [2.75, 3.05) is 27.2 Å². The molecule has 0 spiro atoms. The van der Waals surface area contributed by atoms with Crippen molar-refractivity contribution in [2.45, 2.75) is 12.5 Å². The highest BCUT2D eigenvalue weighted by Gasteiger charge is 2.45. The van der Waals surface area contributed by atoms with E-state index >= 15 is 0 Å². The van der Waals surface area contributed by atoms with E-state index in [0.29, 0.717) is 23.6 Å². The van der Waals surface area contributed by atoms with Crippen LogP contribution in [0.3, 0.4) is 0 Å². The molecule has 1 saturated heterocycles. The van der Waals surface area contributed by atoms with E-state index in [9.17, 15) is 19.1 Å². The zero-order valence-electron chi connectivity index (χ0n) is 16.5. The van der Waals surface area contributed by atoms with Crippen LogP contribution in [-0.4, -0.2) is 53.8 Å². The predicted molar refractivity (Wildman–Crippen MR) is 115 cm³/mol. The van der Waals surface area contributed by atoms with Crippen molar-refractivity contribution in [3.05, 3.63) is 75.0 Å². The molecule has 1 fully saturated rings. The number of amides is 1. The lowest BCUT2D eigenvalue weighted by Crippen LogP contribution is -2.32. The topological polar surface area (TPSA) is 60.9 Å². The normalized spacial score (nSPS) is 18.5. The summed E-state index contributed by atoms with van der Waals surface area (Å²) in [6, 6.07) is 9.07. The largest absolute Gasteiger partial charge is 0.507 e. The Hall–Kier alpha value is -2.41. The first-order valence-electron chi connectivity index (χ1n) is 9.34. The molecule has 2 aromatic carbocycles. The Morgan fingerprint density at radius 3 is 2.37 bits per heavy atom. The fourth-order valence-electron chi connectivity index (χ4n) is 3.46. The molecule has 0 aromatic heterocycles. The van der Waals surface area contributed by atoms with Crippen molar-refractivity contribution in [3.63, 3.8) is 0 Å². The molecule has 3 rings (SSSR count). The van der Waals surface area contributed by atoms with Crippen LogP contribution in [0.25, 0.3) is 5.76 Å². The lowest BCUT2D eigenvalue weighted by Gasteiger charge is -2.26. The van der Waals surface area contributed by atoms with Crippen LogP contribution in [0.1, 0.15) is 23.6 Å². The van der Waals surface area contributed by atoms with Gasteiger partial charge < -0.3 is 14.9 Å². The highest BCUT2D eigenvalue weighted by Crippen LogP contribution is 2.41. The number of benzene rings is 2. The van der Waals surface area contributed by atoms with Crippen LogP contribution in [0, 0.1) is 5.82 Å². The smallest absolute Gasteiger partial charge is 0.295 e. The van der Waals surface area contributed by atoms with Gasteiger partial charge in [0.15, 0.2) is 0 Å². The molecule has 0 bridgehead atoms. The van der Waals surface area contributed by atoms with E-state index in [1.54, 1.807) is 18.2 Å². The van der Waals surface area contributed by atoms with Crippen molar-refractivity contribution in [2.24, 2.45) is 0 Å². The molecule has 0 radical (unpaired) electrons. The van der Waals surface area contributed by atoms with Gasteiger partial charge in [0.05, 0.1) is 21.7 Å². The number of Topliss-reactive ketones (excluding diaryl/α,β-unsaturated/α-hetero) is 1. The van der Waals surface area contributed by atoms with Gasteiger partial charge in [0.1, 0.15) is 11.6 Å². The zero-order valence-corrected chi connectivity index (χ0v) is 18.0. The monoisotopic (exact) mass is 450 g/mol. The fourth-order valence-corrected chi connectivity index (χ4v) is 3.77. The lowest BCUT2D eigenvalue weighted by atomic mass is 9.95. The number of hydrogen-bond acceptors (Lipinski definition) is 4. The lowest BCUT2D eigenvalue weighted by molar-refractivity contribution is -0.139. The van der Waals surface area contributed by atoms with Crippen LogP contribution in [0.2, 0.25) is 10.0 Å². The van der Waals surface area contributed by atoms with Crippen LogP contribution in [0.5, 0.6) is 0 Å². The number of aliphatic hydroxyl groups is 1. The second kappa shape index (κ2) is 9.16. The van der Waals surface area contributed by atoms with Gasteiger partial charge in [-0.3, -0.25) is 9.59 Å². The molecule has 0 saturated carbocycles. The van der Waals surface area contributed by atoms with E-state index in [-0.39, 0.29) is 21.9 Å². The van der Waals surface area contributed by atoms with Crippen molar-refractivity contribution in [3.8, 4) is 0 Å². The second-order valence-corrected chi connectivity index (χ2v) is 8.14. The molecule has 1 atom stereocenters. The number of carbonyl (C=O) groups excluding carboxylic acids is 2.